The molecular formula is C14H18N2. The molecule has 2 aromatic rings. The first-order chi connectivity index (χ1) is 7.92. The van der Waals surface area contributed by atoms with E-state index in [1.807, 2.05) is 29.1 Å². The molecule has 1 aromatic carbocycles. The van der Waals surface area contributed by atoms with Crippen LogP contribution in [0.2, 0.25) is 0 Å². The molecule has 2 rings (SSSR count). The maximum atomic E-state index is 4.38. The molecule has 0 fully saturated rings. The molecule has 0 saturated heterocycles. The van der Waals surface area contributed by atoms with Crippen LogP contribution in [0.4, 0.5) is 0 Å². The summed E-state index contributed by atoms with van der Waals surface area (Å²) in [7, 11) is 0. The second-order valence-electron chi connectivity index (χ2n) is 4.03. The second kappa shape index (κ2) is 5.50. The van der Waals surface area contributed by atoms with Crippen LogP contribution in [0, 0.1) is 0 Å². The number of hydrogen-bond acceptors (Lipinski definition) is 1. The maximum Gasteiger partial charge on any atom is 0.0648 e. The highest BCUT2D eigenvalue weighted by Gasteiger charge is 2.03. The van der Waals surface area contributed by atoms with Crippen LogP contribution >= 0.6 is 0 Å². The standard InChI is InChI=1S/C14H18N2/c1-2-3-5-8-14-11-12-15-16(14)13-9-6-4-7-10-13/h4,6-7,9-12H,2-3,5,8H2,1H3. The van der Waals surface area contributed by atoms with Gasteiger partial charge in [-0.15, -0.1) is 0 Å². The van der Waals surface area contributed by atoms with E-state index in [0.29, 0.717) is 0 Å². The molecule has 2 nitrogen and oxygen atoms in total. The van der Waals surface area contributed by atoms with Crippen molar-refractivity contribution in [3.8, 4) is 5.69 Å². The van der Waals surface area contributed by atoms with Gasteiger partial charge in [0.1, 0.15) is 0 Å². The van der Waals surface area contributed by atoms with Gasteiger partial charge in [-0.3, -0.25) is 0 Å². The average Bonchev–Trinajstić information content (AvgIpc) is 2.79. The van der Waals surface area contributed by atoms with Crippen LogP contribution < -0.4 is 0 Å². The van der Waals surface area contributed by atoms with Gasteiger partial charge in [-0.05, 0) is 31.0 Å². The van der Waals surface area contributed by atoms with E-state index < -0.39 is 0 Å². The average molecular weight is 214 g/mol. The fraction of sp³-hybridized carbons (Fsp3) is 0.357. The number of nitrogens with zero attached hydrogens (tertiary/aromatic N) is 2. The van der Waals surface area contributed by atoms with Crippen molar-refractivity contribution in [3.63, 3.8) is 0 Å². The molecule has 1 aromatic heterocycles. The van der Waals surface area contributed by atoms with Gasteiger partial charge >= 0.3 is 0 Å². The van der Waals surface area contributed by atoms with Crippen LogP contribution in [0.1, 0.15) is 31.9 Å². The molecule has 0 spiro atoms. The topological polar surface area (TPSA) is 17.8 Å². The van der Waals surface area contributed by atoms with Gasteiger partial charge in [0.2, 0.25) is 0 Å². The zero-order chi connectivity index (χ0) is 11.2. The third-order valence-corrected chi connectivity index (χ3v) is 2.76. The van der Waals surface area contributed by atoms with Crippen LogP contribution in [0.25, 0.3) is 5.69 Å². The number of hydrogen-bond donors (Lipinski definition) is 0. The first-order valence-electron chi connectivity index (χ1n) is 6.00. The van der Waals surface area contributed by atoms with E-state index in [0.717, 1.165) is 12.1 Å². The van der Waals surface area contributed by atoms with Gasteiger partial charge in [0, 0.05) is 11.9 Å². The highest BCUT2D eigenvalue weighted by Crippen LogP contribution is 2.12. The van der Waals surface area contributed by atoms with Crippen molar-refractivity contribution in [2.75, 3.05) is 0 Å². The Kier molecular flexibility index (Phi) is 3.76. The van der Waals surface area contributed by atoms with Crippen molar-refractivity contribution in [2.45, 2.75) is 32.6 Å². The lowest BCUT2D eigenvalue weighted by Crippen LogP contribution is -2.01. The molecule has 2 heteroatoms. The molecule has 16 heavy (non-hydrogen) atoms. The molecule has 0 aliphatic carbocycles. The van der Waals surface area contributed by atoms with E-state index in [9.17, 15) is 0 Å². The minimum Gasteiger partial charge on any atom is -0.238 e. The van der Waals surface area contributed by atoms with Crippen molar-refractivity contribution < 1.29 is 0 Å². The quantitative estimate of drug-likeness (QED) is 0.695. The second-order valence-corrected chi connectivity index (χ2v) is 4.03. The zero-order valence-electron chi connectivity index (χ0n) is 9.76. The lowest BCUT2D eigenvalue weighted by Gasteiger charge is -2.06. The monoisotopic (exact) mass is 214 g/mol. The minimum absolute atomic E-state index is 1.11. The summed E-state index contributed by atoms with van der Waals surface area (Å²) in [6.45, 7) is 2.23. The zero-order valence-corrected chi connectivity index (χ0v) is 9.76. The van der Waals surface area contributed by atoms with Gasteiger partial charge in [0.05, 0.1) is 5.69 Å². The Morgan fingerprint density at radius 1 is 1.06 bits per heavy atom. The number of rotatable bonds is 5. The SMILES string of the molecule is CCCCCc1ccnn1-c1ccccc1. The van der Waals surface area contributed by atoms with Crippen LogP contribution in [-0.2, 0) is 6.42 Å². The van der Waals surface area contributed by atoms with Crippen LogP contribution in [-0.4, -0.2) is 9.78 Å². The summed E-state index contributed by atoms with van der Waals surface area (Å²) >= 11 is 0. The lowest BCUT2D eigenvalue weighted by molar-refractivity contribution is 0.684. The highest BCUT2D eigenvalue weighted by atomic mass is 15.3. The molecule has 84 valence electrons. The van der Waals surface area contributed by atoms with E-state index in [-0.39, 0.29) is 0 Å². The van der Waals surface area contributed by atoms with Crippen LogP contribution in [0.15, 0.2) is 42.6 Å². The molecule has 0 N–H and O–H groups in total. The fourth-order valence-corrected chi connectivity index (χ4v) is 1.88. The van der Waals surface area contributed by atoms with Gasteiger partial charge in [0.15, 0.2) is 0 Å². The Balaban J connectivity index is 2.13. The van der Waals surface area contributed by atoms with Crippen molar-refractivity contribution in [1.29, 1.82) is 0 Å². The summed E-state index contributed by atoms with van der Waals surface area (Å²) in [4.78, 5) is 0. The number of para-hydroxylation sites is 1. The fourth-order valence-electron chi connectivity index (χ4n) is 1.88. The Bertz CT molecular complexity index is 417. The third-order valence-electron chi connectivity index (χ3n) is 2.76. The number of benzene rings is 1. The predicted molar refractivity (Wildman–Crippen MR) is 66.8 cm³/mol. The summed E-state index contributed by atoms with van der Waals surface area (Å²) in [5, 5.41) is 4.38. The Morgan fingerprint density at radius 3 is 2.62 bits per heavy atom. The third kappa shape index (κ3) is 2.51. The van der Waals surface area contributed by atoms with Crippen molar-refractivity contribution in [2.24, 2.45) is 0 Å². The van der Waals surface area contributed by atoms with Gasteiger partial charge in [-0.2, -0.15) is 5.10 Å². The molecule has 0 unspecified atom stereocenters. The van der Waals surface area contributed by atoms with E-state index in [2.05, 4.69) is 30.2 Å². The van der Waals surface area contributed by atoms with Gasteiger partial charge in [-0.25, -0.2) is 4.68 Å². The maximum absolute atomic E-state index is 4.38. The summed E-state index contributed by atoms with van der Waals surface area (Å²) in [5.74, 6) is 0. The van der Waals surface area contributed by atoms with Crippen LogP contribution in [0.5, 0.6) is 0 Å². The Labute approximate surface area is 96.9 Å². The van der Waals surface area contributed by atoms with E-state index in [1.165, 1.54) is 25.0 Å². The number of unbranched alkanes of at least 4 members (excludes halogenated alkanes) is 2. The number of aryl methyl sites for hydroxylation is 1. The number of aromatic nitrogens is 2. The predicted octanol–water partition coefficient (Wildman–Crippen LogP) is 3.61. The normalized spacial score (nSPS) is 10.6. The molecular weight excluding hydrogens is 196 g/mol. The molecule has 0 aliphatic heterocycles. The molecule has 0 amide bonds. The molecule has 0 atom stereocenters. The van der Waals surface area contributed by atoms with Crippen molar-refractivity contribution >= 4 is 0 Å². The molecule has 1 heterocycles. The largest absolute Gasteiger partial charge is 0.238 e. The lowest BCUT2D eigenvalue weighted by atomic mass is 10.1. The van der Waals surface area contributed by atoms with E-state index >= 15 is 0 Å². The summed E-state index contributed by atoms with van der Waals surface area (Å²) in [6.07, 6.45) is 6.80. The van der Waals surface area contributed by atoms with Crippen molar-refractivity contribution in [3.05, 3.63) is 48.3 Å². The van der Waals surface area contributed by atoms with Gasteiger partial charge in [-0.1, -0.05) is 38.0 Å². The highest BCUT2D eigenvalue weighted by molar-refractivity contribution is 5.32. The molecule has 0 bridgehead atoms. The summed E-state index contributed by atoms with van der Waals surface area (Å²) in [5.41, 5.74) is 2.46. The summed E-state index contributed by atoms with van der Waals surface area (Å²) < 4.78 is 2.04. The van der Waals surface area contributed by atoms with E-state index in [4.69, 9.17) is 0 Å². The Morgan fingerprint density at radius 2 is 1.88 bits per heavy atom. The first-order valence-corrected chi connectivity index (χ1v) is 6.00. The molecule has 0 aliphatic rings. The van der Waals surface area contributed by atoms with Gasteiger partial charge < -0.3 is 0 Å². The minimum atomic E-state index is 1.11. The van der Waals surface area contributed by atoms with Crippen molar-refractivity contribution in [1.82, 2.24) is 9.78 Å². The molecule has 0 radical (unpaired) electrons. The first kappa shape index (κ1) is 10.9. The van der Waals surface area contributed by atoms with E-state index in [1.54, 1.807) is 0 Å². The Hall–Kier alpha value is -1.57. The van der Waals surface area contributed by atoms with Crippen LogP contribution in [0.3, 0.4) is 0 Å². The summed E-state index contributed by atoms with van der Waals surface area (Å²) in [6, 6.07) is 12.4. The smallest absolute Gasteiger partial charge is 0.0648 e. The van der Waals surface area contributed by atoms with Gasteiger partial charge in [0.25, 0.3) is 0 Å². The molecule has 0 saturated carbocycles.